The molecule has 1 unspecified atom stereocenters. The van der Waals surface area contributed by atoms with Gasteiger partial charge in [-0.25, -0.2) is 4.68 Å². The molecule has 0 aliphatic carbocycles. The largest absolute Gasteiger partial charge is 0.319 e. The first-order valence-corrected chi connectivity index (χ1v) is 7.09. The molecular weight excluding hydrogens is 254 g/mol. The van der Waals surface area contributed by atoms with Gasteiger partial charge < -0.3 is 5.73 Å². The van der Waals surface area contributed by atoms with Crippen LogP contribution >= 0.6 is 11.3 Å². The summed E-state index contributed by atoms with van der Waals surface area (Å²) in [6.07, 6.45) is 1.80. The summed E-state index contributed by atoms with van der Waals surface area (Å²) in [5, 5.41) is 8.62. The summed E-state index contributed by atoms with van der Waals surface area (Å²) >= 11 is 1.68. The predicted molar refractivity (Wildman–Crippen MR) is 78.7 cm³/mol. The second-order valence-electron chi connectivity index (χ2n) is 4.49. The van der Waals surface area contributed by atoms with E-state index in [0.29, 0.717) is 0 Å². The average Bonchev–Trinajstić information content (AvgIpc) is 3.07. The molecule has 3 aromatic rings. The van der Waals surface area contributed by atoms with Crippen molar-refractivity contribution in [3.63, 3.8) is 0 Å². The molecule has 0 bridgehead atoms. The Labute approximate surface area is 116 Å². The van der Waals surface area contributed by atoms with Crippen LogP contribution in [0.25, 0.3) is 5.69 Å². The fraction of sp³-hybridized carbons (Fsp3) is 0.133. The van der Waals surface area contributed by atoms with Crippen LogP contribution in [0, 0.1) is 6.92 Å². The van der Waals surface area contributed by atoms with Crippen molar-refractivity contribution in [1.82, 2.24) is 9.78 Å². The summed E-state index contributed by atoms with van der Waals surface area (Å²) < 4.78 is 1.90. The number of benzene rings is 1. The number of rotatable bonds is 3. The van der Waals surface area contributed by atoms with Crippen LogP contribution < -0.4 is 5.73 Å². The minimum atomic E-state index is -0.144. The predicted octanol–water partition coefficient (Wildman–Crippen LogP) is 3.29. The van der Waals surface area contributed by atoms with Gasteiger partial charge in [0.2, 0.25) is 0 Å². The molecule has 0 radical (unpaired) electrons. The van der Waals surface area contributed by atoms with E-state index in [0.717, 1.165) is 11.4 Å². The monoisotopic (exact) mass is 269 g/mol. The number of nitrogens with zero attached hydrogens (tertiary/aromatic N) is 2. The Hall–Kier alpha value is -1.91. The van der Waals surface area contributed by atoms with Crippen LogP contribution in [-0.4, -0.2) is 9.78 Å². The topological polar surface area (TPSA) is 43.8 Å². The van der Waals surface area contributed by atoms with E-state index in [1.54, 1.807) is 17.5 Å². The van der Waals surface area contributed by atoms with Crippen molar-refractivity contribution >= 4 is 11.3 Å². The van der Waals surface area contributed by atoms with Gasteiger partial charge in [-0.2, -0.15) is 16.4 Å². The van der Waals surface area contributed by atoms with E-state index in [-0.39, 0.29) is 6.04 Å². The molecule has 0 spiro atoms. The molecule has 4 heteroatoms. The van der Waals surface area contributed by atoms with Crippen molar-refractivity contribution in [3.05, 3.63) is 70.2 Å². The van der Waals surface area contributed by atoms with Crippen LogP contribution in [0.3, 0.4) is 0 Å². The Bertz CT molecular complexity index is 670. The van der Waals surface area contributed by atoms with Gasteiger partial charge >= 0.3 is 0 Å². The maximum Gasteiger partial charge on any atom is 0.0738 e. The molecule has 19 heavy (non-hydrogen) atoms. The molecular formula is C15H15N3S. The van der Waals surface area contributed by atoms with E-state index >= 15 is 0 Å². The van der Waals surface area contributed by atoms with E-state index in [9.17, 15) is 0 Å². The van der Waals surface area contributed by atoms with Gasteiger partial charge in [-0.1, -0.05) is 18.2 Å². The maximum absolute atomic E-state index is 6.39. The quantitative estimate of drug-likeness (QED) is 0.793. The minimum Gasteiger partial charge on any atom is -0.319 e. The molecule has 0 aliphatic heterocycles. The van der Waals surface area contributed by atoms with Crippen molar-refractivity contribution < 1.29 is 0 Å². The Morgan fingerprint density at radius 3 is 2.63 bits per heavy atom. The Morgan fingerprint density at radius 2 is 1.95 bits per heavy atom. The zero-order chi connectivity index (χ0) is 13.2. The second kappa shape index (κ2) is 4.99. The molecule has 0 saturated carbocycles. The van der Waals surface area contributed by atoms with Crippen LogP contribution in [0.5, 0.6) is 0 Å². The summed E-state index contributed by atoms with van der Waals surface area (Å²) in [5.41, 5.74) is 10.8. The van der Waals surface area contributed by atoms with Crippen LogP contribution in [0.4, 0.5) is 0 Å². The first-order chi connectivity index (χ1) is 9.27. The van der Waals surface area contributed by atoms with E-state index in [4.69, 9.17) is 5.73 Å². The summed E-state index contributed by atoms with van der Waals surface area (Å²) in [6.45, 7) is 2.09. The molecule has 0 amide bonds. The fourth-order valence-electron chi connectivity index (χ4n) is 2.18. The van der Waals surface area contributed by atoms with Crippen molar-refractivity contribution in [2.75, 3.05) is 0 Å². The van der Waals surface area contributed by atoms with Gasteiger partial charge in [0.1, 0.15) is 0 Å². The minimum absolute atomic E-state index is 0.144. The standard InChI is InChI=1S/C15H15N3S/c1-11-9-19-10-13(11)15(16)14-7-8-17-18(14)12-5-3-2-4-6-12/h2-10,15H,16H2,1H3. The van der Waals surface area contributed by atoms with E-state index < -0.39 is 0 Å². The van der Waals surface area contributed by atoms with Crippen molar-refractivity contribution in [2.24, 2.45) is 5.73 Å². The highest BCUT2D eigenvalue weighted by Crippen LogP contribution is 2.26. The fourth-order valence-corrected chi connectivity index (χ4v) is 3.07. The lowest BCUT2D eigenvalue weighted by atomic mass is 10.0. The van der Waals surface area contributed by atoms with Crippen LogP contribution in [-0.2, 0) is 0 Å². The molecule has 0 aliphatic rings. The van der Waals surface area contributed by atoms with Crippen LogP contribution in [0.15, 0.2) is 53.4 Å². The SMILES string of the molecule is Cc1cscc1C(N)c1ccnn1-c1ccccc1. The first-order valence-electron chi connectivity index (χ1n) is 6.15. The molecule has 3 nitrogen and oxygen atoms in total. The maximum atomic E-state index is 6.39. The van der Waals surface area contributed by atoms with Gasteiger partial charge in [-0.05, 0) is 47.0 Å². The first kappa shape index (κ1) is 12.1. The van der Waals surface area contributed by atoms with Crippen molar-refractivity contribution in [2.45, 2.75) is 13.0 Å². The zero-order valence-corrected chi connectivity index (χ0v) is 11.5. The smallest absolute Gasteiger partial charge is 0.0738 e. The van der Waals surface area contributed by atoms with Crippen LogP contribution in [0.2, 0.25) is 0 Å². The lowest BCUT2D eigenvalue weighted by Gasteiger charge is -2.14. The van der Waals surface area contributed by atoms with Gasteiger partial charge in [0.05, 0.1) is 17.4 Å². The third-order valence-electron chi connectivity index (χ3n) is 3.22. The normalized spacial score (nSPS) is 12.5. The van der Waals surface area contributed by atoms with Gasteiger partial charge in [-0.15, -0.1) is 0 Å². The molecule has 0 fully saturated rings. The van der Waals surface area contributed by atoms with Crippen molar-refractivity contribution in [3.8, 4) is 5.69 Å². The third kappa shape index (κ3) is 2.20. The lowest BCUT2D eigenvalue weighted by molar-refractivity contribution is 0.738. The number of aromatic nitrogens is 2. The van der Waals surface area contributed by atoms with Crippen LogP contribution in [0.1, 0.15) is 22.9 Å². The van der Waals surface area contributed by atoms with E-state index in [1.165, 1.54) is 11.1 Å². The number of nitrogens with two attached hydrogens (primary N) is 1. The van der Waals surface area contributed by atoms with Gasteiger partial charge in [-0.3, -0.25) is 0 Å². The average molecular weight is 269 g/mol. The molecule has 2 N–H and O–H groups in total. The van der Waals surface area contributed by atoms with Gasteiger partial charge in [0, 0.05) is 6.20 Å². The highest BCUT2D eigenvalue weighted by Gasteiger charge is 2.17. The van der Waals surface area contributed by atoms with Crippen molar-refractivity contribution in [1.29, 1.82) is 0 Å². The van der Waals surface area contributed by atoms with E-state index in [2.05, 4.69) is 22.8 Å². The molecule has 0 saturated heterocycles. The van der Waals surface area contributed by atoms with E-state index in [1.807, 2.05) is 41.1 Å². The molecule has 1 aromatic carbocycles. The Morgan fingerprint density at radius 1 is 1.16 bits per heavy atom. The summed E-state index contributed by atoms with van der Waals surface area (Å²) in [5.74, 6) is 0. The number of hydrogen-bond donors (Lipinski definition) is 1. The highest BCUT2D eigenvalue weighted by atomic mass is 32.1. The molecule has 2 aromatic heterocycles. The number of thiophene rings is 1. The highest BCUT2D eigenvalue weighted by molar-refractivity contribution is 7.08. The number of hydrogen-bond acceptors (Lipinski definition) is 3. The summed E-state index contributed by atoms with van der Waals surface area (Å²) in [4.78, 5) is 0. The zero-order valence-electron chi connectivity index (χ0n) is 10.7. The molecule has 3 rings (SSSR count). The molecule has 2 heterocycles. The lowest BCUT2D eigenvalue weighted by Crippen LogP contribution is -2.16. The third-order valence-corrected chi connectivity index (χ3v) is 4.10. The molecule has 96 valence electrons. The molecule has 1 atom stereocenters. The van der Waals surface area contributed by atoms with Gasteiger partial charge in [0.15, 0.2) is 0 Å². The summed E-state index contributed by atoms with van der Waals surface area (Å²) in [7, 11) is 0. The Kier molecular flexibility index (Phi) is 3.19. The Balaban J connectivity index is 2.04. The summed E-state index contributed by atoms with van der Waals surface area (Å²) in [6, 6.07) is 11.9. The number of para-hydroxylation sites is 1. The van der Waals surface area contributed by atoms with Gasteiger partial charge in [0.25, 0.3) is 0 Å². The second-order valence-corrected chi connectivity index (χ2v) is 5.23. The number of aryl methyl sites for hydroxylation is 1.